The molecule has 1 saturated heterocycles. The van der Waals surface area contributed by atoms with Gasteiger partial charge in [-0.25, -0.2) is 0 Å². The van der Waals surface area contributed by atoms with Crippen LogP contribution < -0.4 is 10.0 Å². The number of rotatable bonds is 7. The van der Waals surface area contributed by atoms with Gasteiger partial charge in [0.2, 0.25) is 0 Å². The van der Waals surface area contributed by atoms with Crippen LogP contribution in [0.25, 0.3) is 0 Å². The van der Waals surface area contributed by atoms with Crippen molar-refractivity contribution in [3.8, 4) is 0 Å². The van der Waals surface area contributed by atoms with Crippen LogP contribution in [0.4, 0.5) is 0 Å². The summed E-state index contributed by atoms with van der Waals surface area (Å²) in [5, 5.41) is 3.30. The van der Waals surface area contributed by atoms with Crippen LogP contribution in [0.5, 0.6) is 0 Å². The van der Waals surface area contributed by atoms with Gasteiger partial charge in [-0.3, -0.25) is 4.98 Å². The summed E-state index contributed by atoms with van der Waals surface area (Å²) < 4.78 is 28.8. The first-order chi connectivity index (χ1) is 9.62. The number of aromatic nitrogens is 1. The molecule has 0 spiro atoms. The third-order valence-electron chi connectivity index (χ3n) is 3.42. The Morgan fingerprint density at radius 3 is 3.10 bits per heavy atom. The van der Waals surface area contributed by atoms with Crippen molar-refractivity contribution in [1.29, 1.82) is 0 Å². The highest BCUT2D eigenvalue weighted by Gasteiger charge is 2.28. The first-order valence-electron chi connectivity index (χ1n) is 6.94. The quantitative estimate of drug-likeness (QED) is 0.780. The smallest absolute Gasteiger partial charge is 0.279 e. The fourth-order valence-electron chi connectivity index (χ4n) is 2.34. The molecule has 20 heavy (non-hydrogen) atoms. The third-order valence-corrected chi connectivity index (χ3v) is 5.72. The first-order valence-corrected chi connectivity index (χ1v) is 9.26. The molecule has 114 valence electrons. The van der Waals surface area contributed by atoms with E-state index in [0.717, 1.165) is 30.8 Å². The summed E-state index contributed by atoms with van der Waals surface area (Å²) in [6.45, 7) is 5.41. The second kappa shape index (κ2) is 7.46. The lowest BCUT2D eigenvalue weighted by Crippen LogP contribution is -2.47. The number of thiazole rings is 1. The monoisotopic (exact) mass is 318 g/mol. The predicted octanol–water partition coefficient (Wildman–Crippen LogP) is 0.799. The molecule has 1 aromatic heterocycles. The van der Waals surface area contributed by atoms with Gasteiger partial charge in [0.25, 0.3) is 10.2 Å². The van der Waals surface area contributed by atoms with Crippen LogP contribution in [0.3, 0.4) is 0 Å². The van der Waals surface area contributed by atoms with Gasteiger partial charge in [-0.15, -0.1) is 11.3 Å². The van der Waals surface area contributed by atoms with Crippen LogP contribution in [-0.4, -0.2) is 43.9 Å². The molecule has 0 aliphatic carbocycles. The summed E-state index contributed by atoms with van der Waals surface area (Å²) in [7, 11) is -3.38. The minimum Gasteiger partial charge on any atom is -0.317 e. The minimum atomic E-state index is -3.38. The molecule has 1 unspecified atom stereocenters. The van der Waals surface area contributed by atoms with Crippen molar-refractivity contribution in [2.45, 2.75) is 26.3 Å². The van der Waals surface area contributed by atoms with E-state index in [2.05, 4.69) is 21.9 Å². The Labute approximate surface area is 124 Å². The maximum atomic E-state index is 12.3. The van der Waals surface area contributed by atoms with Gasteiger partial charge in [0.1, 0.15) is 0 Å². The summed E-state index contributed by atoms with van der Waals surface area (Å²) >= 11 is 1.46. The average molecular weight is 318 g/mol. The lowest BCUT2D eigenvalue weighted by Gasteiger charge is -2.31. The van der Waals surface area contributed by atoms with Gasteiger partial charge in [-0.1, -0.05) is 6.92 Å². The molecule has 0 aromatic carbocycles. The zero-order valence-electron chi connectivity index (χ0n) is 11.7. The summed E-state index contributed by atoms with van der Waals surface area (Å²) in [5.41, 5.74) is 1.71. The van der Waals surface area contributed by atoms with Crippen molar-refractivity contribution >= 4 is 21.5 Å². The normalized spacial score (nSPS) is 21.1. The van der Waals surface area contributed by atoms with Crippen LogP contribution in [0.15, 0.2) is 11.7 Å². The second-order valence-corrected chi connectivity index (χ2v) is 7.69. The van der Waals surface area contributed by atoms with Crippen molar-refractivity contribution in [3.05, 3.63) is 16.6 Å². The van der Waals surface area contributed by atoms with E-state index in [1.165, 1.54) is 11.3 Å². The van der Waals surface area contributed by atoms with E-state index in [9.17, 15) is 8.42 Å². The molecule has 6 nitrogen and oxygen atoms in total. The van der Waals surface area contributed by atoms with Crippen molar-refractivity contribution in [1.82, 2.24) is 19.3 Å². The Kier molecular flexibility index (Phi) is 5.91. The SMILES string of the molecule is CCNCC1CCCN(S(=O)(=O)NCc2cncs2)C1. The Morgan fingerprint density at radius 2 is 2.40 bits per heavy atom. The van der Waals surface area contributed by atoms with Crippen LogP contribution in [0.2, 0.25) is 0 Å². The van der Waals surface area contributed by atoms with E-state index in [0.29, 0.717) is 25.6 Å². The lowest BCUT2D eigenvalue weighted by molar-refractivity contribution is 0.258. The highest BCUT2D eigenvalue weighted by molar-refractivity contribution is 7.87. The van der Waals surface area contributed by atoms with Gasteiger partial charge >= 0.3 is 0 Å². The van der Waals surface area contributed by atoms with E-state index < -0.39 is 10.2 Å². The van der Waals surface area contributed by atoms with E-state index in [1.54, 1.807) is 16.0 Å². The van der Waals surface area contributed by atoms with Crippen molar-refractivity contribution in [2.24, 2.45) is 5.92 Å². The van der Waals surface area contributed by atoms with Gasteiger partial charge in [-0.05, 0) is 31.8 Å². The molecule has 0 saturated carbocycles. The van der Waals surface area contributed by atoms with Crippen molar-refractivity contribution < 1.29 is 8.42 Å². The molecule has 2 rings (SSSR count). The largest absolute Gasteiger partial charge is 0.317 e. The van der Waals surface area contributed by atoms with Gasteiger partial charge < -0.3 is 5.32 Å². The number of nitrogens with zero attached hydrogens (tertiary/aromatic N) is 2. The number of nitrogens with one attached hydrogen (secondary N) is 2. The molecule has 2 N–H and O–H groups in total. The molecule has 1 atom stereocenters. The highest BCUT2D eigenvalue weighted by atomic mass is 32.2. The molecule has 0 bridgehead atoms. The van der Waals surface area contributed by atoms with Crippen LogP contribution >= 0.6 is 11.3 Å². The zero-order chi connectivity index (χ0) is 14.4. The standard InChI is InChI=1S/C12H22N4O2S2/c1-2-13-6-11-4-3-5-16(9-11)20(17,18)15-8-12-7-14-10-19-12/h7,10-11,13,15H,2-6,8-9H2,1H3. The Bertz CT molecular complexity index is 490. The fraction of sp³-hybridized carbons (Fsp3) is 0.750. The Balaban J connectivity index is 1.87. The summed E-state index contributed by atoms with van der Waals surface area (Å²) in [6.07, 6.45) is 3.71. The van der Waals surface area contributed by atoms with Crippen molar-refractivity contribution in [2.75, 3.05) is 26.2 Å². The van der Waals surface area contributed by atoms with Gasteiger partial charge in [0, 0.05) is 30.7 Å². The maximum Gasteiger partial charge on any atom is 0.279 e. The predicted molar refractivity (Wildman–Crippen MR) is 80.7 cm³/mol. The van der Waals surface area contributed by atoms with Crippen LogP contribution in [0.1, 0.15) is 24.6 Å². The molecular weight excluding hydrogens is 296 g/mol. The summed E-state index contributed by atoms with van der Waals surface area (Å²) in [4.78, 5) is 4.87. The topological polar surface area (TPSA) is 74.3 Å². The molecule has 2 heterocycles. The Hall–Kier alpha value is -0.540. The zero-order valence-corrected chi connectivity index (χ0v) is 13.3. The fourth-order valence-corrected chi connectivity index (χ4v) is 4.27. The van der Waals surface area contributed by atoms with E-state index in [-0.39, 0.29) is 0 Å². The molecule has 1 aromatic rings. The molecule has 1 fully saturated rings. The number of piperidine rings is 1. The van der Waals surface area contributed by atoms with Crippen LogP contribution in [-0.2, 0) is 16.8 Å². The highest BCUT2D eigenvalue weighted by Crippen LogP contribution is 2.18. The molecule has 0 amide bonds. The van der Waals surface area contributed by atoms with Crippen molar-refractivity contribution in [3.63, 3.8) is 0 Å². The second-order valence-electron chi connectivity index (χ2n) is 4.97. The first kappa shape index (κ1) is 15.8. The minimum absolute atomic E-state index is 0.321. The molecular formula is C12H22N4O2S2. The summed E-state index contributed by atoms with van der Waals surface area (Å²) in [6, 6.07) is 0. The van der Waals surface area contributed by atoms with E-state index >= 15 is 0 Å². The molecule has 8 heteroatoms. The third kappa shape index (κ3) is 4.49. The Morgan fingerprint density at radius 1 is 1.55 bits per heavy atom. The van der Waals surface area contributed by atoms with E-state index in [4.69, 9.17) is 0 Å². The molecule has 1 aliphatic rings. The summed E-state index contributed by atoms with van der Waals surface area (Å²) in [5.74, 6) is 0.406. The van der Waals surface area contributed by atoms with Gasteiger partial charge in [0.15, 0.2) is 0 Å². The number of hydrogen-bond acceptors (Lipinski definition) is 5. The molecule has 0 radical (unpaired) electrons. The average Bonchev–Trinajstić information content (AvgIpc) is 2.97. The van der Waals surface area contributed by atoms with E-state index in [1.807, 2.05) is 0 Å². The number of hydrogen-bond donors (Lipinski definition) is 2. The lowest BCUT2D eigenvalue weighted by atomic mass is 10.00. The van der Waals surface area contributed by atoms with Gasteiger partial charge in [0.05, 0.1) is 5.51 Å². The maximum absolute atomic E-state index is 12.3. The van der Waals surface area contributed by atoms with Crippen LogP contribution in [0, 0.1) is 5.92 Å². The van der Waals surface area contributed by atoms with Gasteiger partial charge in [-0.2, -0.15) is 17.4 Å². The molecule has 1 aliphatic heterocycles.